The first kappa shape index (κ1) is 25.0. The molecule has 0 atom stereocenters. The van der Waals surface area contributed by atoms with Crippen LogP contribution in [0.1, 0.15) is 34.8 Å². The van der Waals surface area contributed by atoms with Gasteiger partial charge in [-0.1, -0.05) is 53.2 Å². The van der Waals surface area contributed by atoms with Crippen LogP contribution in [0.4, 0.5) is 0 Å². The number of nitrogens with one attached hydrogen (secondary N) is 2. The van der Waals surface area contributed by atoms with Crippen LogP contribution in [-0.4, -0.2) is 31.2 Å². The lowest BCUT2D eigenvalue weighted by molar-refractivity contribution is -0.120. The highest BCUT2D eigenvalue weighted by Gasteiger charge is 2.08. The van der Waals surface area contributed by atoms with E-state index >= 15 is 0 Å². The number of hydrogen-bond donors (Lipinski definition) is 2. The lowest BCUT2D eigenvalue weighted by Gasteiger charge is -2.10. The molecule has 0 aliphatic carbocycles. The average molecular weight is 524 g/mol. The van der Waals surface area contributed by atoms with Crippen LogP contribution < -0.4 is 20.2 Å². The molecule has 176 valence electrons. The minimum absolute atomic E-state index is 0.208. The zero-order valence-corrected chi connectivity index (χ0v) is 20.4. The summed E-state index contributed by atoms with van der Waals surface area (Å²) in [6.07, 6.45) is 2.41. The maximum atomic E-state index is 12.2. The van der Waals surface area contributed by atoms with Crippen LogP contribution in [0.5, 0.6) is 11.5 Å². The molecule has 0 radical (unpaired) electrons. The number of carbonyl (C=O) groups is 2. The van der Waals surface area contributed by atoms with E-state index in [1.807, 2.05) is 55.5 Å². The van der Waals surface area contributed by atoms with Gasteiger partial charge in [0.1, 0.15) is 18.1 Å². The zero-order chi connectivity index (χ0) is 24.2. The second-order valence-electron chi connectivity index (χ2n) is 7.31. The summed E-state index contributed by atoms with van der Waals surface area (Å²) in [5, 5.41) is 6.57. The molecule has 3 aromatic rings. The summed E-state index contributed by atoms with van der Waals surface area (Å²) in [7, 11) is 0. The highest BCUT2D eigenvalue weighted by atomic mass is 79.9. The van der Waals surface area contributed by atoms with E-state index in [9.17, 15) is 9.59 Å². The predicted molar refractivity (Wildman–Crippen MR) is 135 cm³/mol. The maximum Gasteiger partial charge on any atom is 0.259 e. The molecule has 7 nitrogen and oxygen atoms in total. The van der Waals surface area contributed by atoms with Crippen LogP contribution in [0, 0.1) is 0 Å². The van der Waals surface area contributed by atoms with E-state index in [0.29, 0.717) is 35.8 Å². The largest absolute Gasteiger partial charge is 0.494 e. The van der Waals surface area contributed by atoms with Crippen molar-refractivity contribution in [2.45, 2.75) is 20.0 Å². The third kappa shape index (κ3) is 8.04. The Balaban J connectivity index is 1.49. The van der Waals surface area contributed by atoms with Crippen molar-refractivity contribution in [2.75, 3.05) is 13.2 Å². The van der Waals surface area contributed by atoms with Gasteiger partial charge >= 0.3 is 0 Å². The summed E-state index contributed by atoms with van der Waals surface area (Å²) < 4.78 is 12.3. The fraction of sp³-hybridized carbons (Fsp3) is 0.192. The van der Waals surface area contributed by atoms with Gasteiger partial charge in [0.15, 0.2) is 0 Å². The van der Waals surface area contributed by atoms with E-state index in [1.54, 1.807) is 24.3 Å². The van der Waals surface area contributed by atoms with Crippen LogP contribution in [0.3, 0.4) is 0 Å². The second kappa shape index (κ2) is 13.2. The molecule has 3 aromatic carbocycles. The Bertz CT molecular complexity index is 1120. The van der Waals surface area contributed by atoms with Crippen LogP contribution in [0.2, 0.25) is 0 Å². The third-order valence-electron chi connectivity index (χ3n) is 4.60. The molecule has 8 heteroatoms. The lowest BCUT2D eigenvalue weighted by atomic mass is 10.2. The number of nitrogens with zero attached hydrogens (tertiary/aromatic N) is 1. The highest BCUT2D eigenvalue weighted by molar-refractivity contribution is 9.10. The smallest absolute Gasteiger partial charge is 0.259 e. The summed E-state index contributed by atoms with van der Waals surface area (Å²) in [6.45, 7) is 2.84. The molecular formula is C26H26BrN3O4. The number of hydrogen-bond acceptors (Lipinski definition) is 5. The lowest BCUT2D eigenvalue weighted by Crippen LogP contribution is -2.34. The molecule has 0 aliphatic rings. The molecule has 2 amide bonds. The Hall–Kier alpha value is -3.65. The molecule has 0 aromatic heterocycles. The molecular weight excluding hydrogens is 498 g/mol. The topological polar surface area (TPSA) is 89.0 Å². The molecule has 0 saturated heterocycles. The molecule has 3 rings (SSSR count). The van der Waals surface area contributed by atoms with E-state index in [0.717, 1.165) is 16.5 Å². The number of ether oxygens (including phenoxy) is 2. The van der Waals surface area contributed by atoms with Crippen molar-refractivity contribution in [3.05, 3.63) is 94.0 Å². The van der Waals surface area contributed by atoms with Gasteiger partial charge in [0.2, 0.25) is 0 Å². The van der Waals surface area contributed by atoms with Crippen molar-refractivity contribution in [3.63, 3.8) is 0 Å². The third-order valence-corrected chi connectivity index (χ3v) is 5.09. The van der Waals surface area contributed by atoms with Crippen molar-refractivity contribution in [3.8, 4) is 11.5 Å². The van der Waals surface area contributed by atoms with Crippen molar-refractivity contribution in [2.24, 2.45) is 5.10 Å². The first-order valence-corrected chi connectivity index (χ1v) is 11.6. The van der Waals surface area contributed by atoms with Crippen LogP contribution in [0.25, 0.3) is 0 Å². The van der Waals surface area contributed by atoms with Gasteiger partial charge in [-0.25, -0.2) is 5.43 Å². The molecule has 0 fully saturated rings. The van der Waals surface area contributed by atoms with Gasteiger partial charge in [-0.05, 0) is 54.4 Å². The SMILES string of the molecule is CCCOc1ccc(C(=O)NCC(=O)N/N=C\c2cc(Br)ccc2OCc2ccccc2)cc1. The minimum atomic E-state index is -0.450. The van der Waals surface area contributed by atoms with Crippen molar-refractivity contribution in [1.82, 2.24) is 10.7 Å². The van der Waals surface area contributed by atoms with Crippen LogP contribution in [-0.2, 0) is 11.4 Å². The molecule has 0 heterocycles. The Morgan fingerprint density at radius 2 is 1.76 bits per heavy atom. The quantitative estimate of drug-likeness (QED) is 0.281. The van der Waals surface area contributed by atoms with E-state index in [-0.39, 0.29) is 12.5 Å². The summed E-state index contributed by atoms with van der Waals surface area (Å²) in [5.74, 6) is 0.522. The maximum absolute atomic E-state index is 12.2. The molecule has 0 aliphatic heterocycles. The van der Waals surface area contributed by atoms with Gasteiger partial charge in [0.25, 0.3) is 11.8 Å². The molecule has 0 saturated carbocycles. The van der Waals surface area contributed by atoms with Crippen LogP contribution >= 0.6 is 15.9 Å². The number of amides is 2. The summed E-state index contributed by atoms with van der Waals surface area (Å²) in [6, 6.07) is 22.1. The predicted octanol–water partition coefficient (Wildman–Crippen LogP) is 4.70. The fourth-order valence-corrected chi connectivity index (χ4v) is 3.26. The fourth-order valence-electron chi connectivity index (χ4n) is 2.89. The van der Waals surface area contributed by atoms with E-state index in [4.69, 9.17) is 9.47 Å². The Morgan fingerprint density at radius 3 is 2.50 bits per heavy atom. The van der Waals surface area contributed by atoms with Gasteiger partial charge in [-0.15, -0.1) is 0 Å². The standard InChI is InChI=1S/C26H26BrN3O4/c1-2-14-33-23-11-8-20(9-12-23)26(32)28-17-25(31)30-29-16-21-15-22(27)10-13-24(21)34-18-19-6-4-3-5-7-19/h3-13,15-16H,2,14,17-18H2,1H3,(H,28,32)(H,30,31)/b29-16-. The number of rotatable bonds is 11. The number of hydrazone groups is 1. The van der Waals surface area contributed by atoms with E-state index in [2.05, 4.69) is 31.8 Å². The number of carbonyl (C=O) groups excluding carboxylic acids is 2. The molecule has 2 N–H and O–H groups in total. The molecule has 0 bridgehead atoms. The van der Waals surface area contributed by atoms with Gasteiger partial charge in [-0.2, -0.15) is 5.10 Å². The van der Waals surface area contributed by atoms with Gasteiger partial charge in [-0.3, -0.25) is 9.59 Å². The first-order chi connectivity index (χ1) is 16.5. The normalized spacial score (nSPS) is 10.6. The monoisotopic (exact) mass is 523 g/mol. The second-order valence-corrected chi connectivity index (χ2v) is 8.22. The van der Waals surface area contributed by atoms with Crippen LogP contribution in [0.15, 0.2) is 82.4 Å². The average Bonchev–Trinajstić information content (AvgIpc) is 2.86. The summed E-state index contributed by atoms with van der Waals surface area (Å²) >= 11 is 3.43. The van der Waals surface area contributed by atoms with E-state index in [1.165, 1.54) is 6.21 Å². The number of halogens is 1. The Labute approximate surface area is 207 Å². The summed E-state index contributed by atoms with van der Waals surface area (Å²) in [5.41, 5.74) is 4.59. The van der Waals surface area contributed by atoms with Gasteiger partial charge in [0, 0.05) is 15.6 Å². The van der Waals surface area contributed by atoms with Crippen molar-refractivity contribution < 1.29 is 19.1 Å². The highest BCUT2D eigenvalue weighted by Crippen LogP contribution is 2.22. The Morgan fingerprint density at radius 1 is 1.00 bits per heavy atom. The zero-order valence-electron chi connectivity index (χ0n) is 18.8. The Kier molecular flexibility index (Phi) is 9.66. The van der Waals surface area contributed by atoms with Crippen molar-refractivity contribution >= 4 is 34.0 Å². The van der Waals surface area contributed by atoms with Gasteiger partial charge in [0.05, 0.1) is 19.4 Å². The minimum Gasteiger partial charge on any atom is -0.494 e. The first-order valence-electron chi connectivity index (χ1n) is 10.8. The van der Waals surface area contributed by atoms with Crippen molar-refractivity contribution in [1.29, 1.82) is 0 Å². The molecule has 0 unspecified atom stereocenters. The van der Waals surface area contributed by atoms with E-state index < -0.39 is 5.91 Å². The molecule has 34 heavy (non-hydrogen) atoms. The molecule has 0 spiro atoms. The number of benzene rings is 3. The summed E-state index contributed by atoms with van der Waals surface area (Å²) in [4.78, 5) is 24.4. The van der Waals surface area contributed by atoms with Gasteiger partial charge < -0.3 is 14.8 Å².